The number of fused-ring (bicyclic) bond motifs is 1. The van der Waals surface area contributed by atoms with Crippen molar-refractivity contribution in [1.29, 1.82) is 0 Å². The maximum Gasteiger partial charge on any atom is 0.326 e. The molecule has 0 aliphatic heterocycles. The fourth-order valence-corrected chi connectivity index (χ4v) is 2.75. The molecule has 2 heterocycles. The molecule has 1 amide bonds. The number of nitrogens with two attached hydrogens (primary N) is 2. The molecule has 0 fully saturated rings. The summed E-state index contributed by atoms with van der Waals surface area (Å²) in [5.41, 5.74) is 11.0. The summed E-state index contributed by atoms with van der Waals surface area (Å²) in [7, 11) is 0. The molecule has 0 aliphatic carbocycles. The highest BCUT2D eigenvalue weighted by atomic mass is 16.4. The first-order valence-corrected chi connectivity index (χ1v) is 10.5. The van der Waals surface area contributed by atoms with E-state index in [-0.39, 0.29) is 48.6 Å². The Kier molecular flexibility index (Phi) is 9.95. The molecule has 37 heavy (non-hydrogen) atoms. The number of carboxylic acids is 3. The second-order valence-corrected chi connectivity index (χ2v) is 7.31. The highest BCUT2D eigenvalue weighted by Crippen LogP contribution is 2.12. The fraction of sp³-hybridized carbons (Fsp3) is 0.238. The minimum atomic E-state index is -1.31. The number of nitrogen functional groups attached to an aromatic ring is 1. The van der Waals surface area contributed by atoms with Crippen molar-refractivity contribution < 1.29 is 34.5 Å². The van der Waals surface area contributed by atoms with E-state index < -0.39 is 35.4 Å². The van der Waals surface area contributed by atoms with Crippen molar-refractivity contribution in [1.82, 2.24) is 25.3 Å². The number of amides is 1. The third kappa shape index (κ3) is 8.87. The summed E-state index contributed by atoms with van der Waals surface area (Å²) >= 11 is 0. The third-order valence-electron chi connectivity index (χ3n) is 4.53. The van der Waals surface area contributed by atoms with Gasteiger partial charge in [-0.2, -0.15) is 4.98 Å². The lowest BCUT2D eigenvalue weighted by Gasteiger charge is -2.14. The van der Waals surface area contributed by atoms with Crippen molar-refractivity contribution in [2.24, 2.45) is 5.73 Å². The molecular weight excluding hydrogens is 492 g/mol. The number of aromatic amines is 1. The summed E-state index contributed by atoms with van der Waals surface area (Å²) < 4.78 is 0. The van der Waals surface area contributed by atoms with E-state index in [9.17, 15) is 24.0 Å². The van der Waals surface area contributed by atoms with Crippen molar-refractivity contribution in [3.05, 3.63) is 52.1 Å². The number of anilines is 2. The van der Waals surface area contributed by atoms with Crippen LogP contribution >= 0.6 is 0 Å². The van der Waals surface area contributed by atoms with E-state index in [4.69, 9.17) is 21.1 Å². The number of benzene rings is 1. The lowest BCUT2D eigenvalue weighted by atomic mass is 10.1. The largest absolute Gasteiger partial charge is 0.481 e. The Hall–Kier alpha value is -5.12. The summed E-state index contributed by atoms with van der Waals surface area (Å²) in [5.74, 6) is -4.12. The molecule has 16 nitrogen and oxygen atoms in total. The van der Waals surface area contributed by atoms with Crippen molar-refractivity contribution in [2.75, 3.05) is 17.6 Å². The first-order valence-electron chi connectivity index (χ1n) is 10.5. The van der Waals surface area contributed by atoms with E-state index in [2.05, 4.69) is 36.3 Å². The van der Waals surface area contributed by atoms with Gasteiger partial charge in [-0.25, -0.2) is 14.8 Å². The minimum Gasteiger partial charge on any atom is -0.481 e. The van der Waals surface area contributed by atoms with E-state index in [1.165, 1.54) is 18.3 Å². The zero-order chi connectivity index (χ0) is 27.5. The van der Waals surface area contributed by atoms with E-state index in [0.29, 0.717) is 11.4 Å². The van der Waals surface area contributed by atoms with E-state index in [1.807, 2.05) is 0 Å². The third-order valence-corrected chi connectivity index (χ3v) is 4.53. The second-order valence-electron chi connectivity index (χ2n) is 7.31. The Morgan fingerprint density at radius 1 is 1.03 bits per heavy atom. The molecular formula is C21H24N8O8. The van der Waals surface area contributed by atoms with Gasteiger partial charge in [0, 0.05) is 17.7 Å². The van der Waals surface area contributed by atoms with Crippen LogP contribution in [-0.2, 0) is 20.9 Å². The molecule has 16 heteroatoms. The Morgan fingerprint density at radius 3 is 2.24 bits per heavy atom. The van der Waals surface area contributed by atoms with E-state index in [1.54, 1.807) is 12.1 Å². The summed E-state index contributed by atoms with van der Waals surface area (Å²) in [5, 5.41) is 30.8. The quantitative estimate of drug-likeness (QED) is 0.160. The van der Waals surface area contributed by atoms with Gasteiger partial charge in [0.15, 0.2) is 11.2 Å². The molecule has 0 bridgehead atoms. The van der Waals surface area contributed by atoms with Gasteiger partial charge in [0.1, 0.15) is 6.04 Å². The second kappa shape index (κ2) is 13.1. The molecule has 2 aromatic heterocycles. The van der Waals surface area contributed by atoms with Gasteiger partial charge in [-0.15, -0.1) is 0 Å². The van der Waals surface area contributed by atoms with E-state index in [0.717, 1.165) is 0 Å². The van der Waals surface area contributed by atoms with Crippen LogP contribution in [0.3, 0.4) is 0 Å². The molecule has 3 aromatic rings. The monoisotopic (exact) mass is 516 g/mol. The molecule has 1 atom stereocenters. The molecule has 0 saturated carbocycles. The van der Waals surface area contributed by atoms with Gasteiger partial charge >= 0.3 is 17.9 Å². The number of hydrogen-bond donors (Lipinski definition) is 8. The highest BCUT2D eigenvalue weighted by molar-refractivity contribution is 5.96. The Morgan fingerprint density at radius 2 is 1.68 bits per heavy atom. The SMILES string of the molecule is NCC(=O)O.Nc1nc2ncc(CNc3ccc(C(=O)N[C@@H](CCC(=O)O)C(=O)O)cc3)nc2c(=O)[nH]1. The van der Waals surface area contributed by atoms with Gasteiger partial charge < -0.3 is 37.4 Å². The van der Waals surface area contributed by atoms with Crippen LogP contribution in [0.5, 0.6) is 0 Å². The van der Waals surface area contributed by atoms with E-state index >= 15 is 0 Å². The average molecular weight is 516 g/mol. The molecule has 0 spiro atoms. The van der Waals surface area contributed by atoms with Gasteiger partial charge in [-0.1, -0.05) is 0 Å². The van der Waals surface area contributed by atoms with Crippen LogP contribution in [0.15, 0.2) is 35.3 Å². The minimum absolute atomic E-state index is 0.0524. The molecule has 10 N–H and O–H groups in total. The molecule has 3 rings (SSSR count). The maximum atomic E-state index is 12.3. The van der Waals surface area contributed by atoms with Crippen LogP contribution in [0.1, 0.15) is 28.9 Å². The molecule has 0 aliphatic rings. The van der Waals surface area contributed by atoms with Crippen molar-refractivity contribution in [2.45, 2.75) is 25.4 Å². The number of carbonyl (C=O) groups is 4. The number of carboxylic acid groups (broad SMARTS) is 3. The first kappa shape index (κ1) is 28.1. The van der Waals surface area contributed by atoms with Gasteiger partial charge in [0.25, 0.3) is 11.5 Å². The fourth-order valence-electron chi connectivity index (χ4n) is 2.75. The lowest BCUT2D eigenvalue weighted by Crippen LogP contribution is -2.41. The Labute approximate surface area is 207 Å². The van der Waals surface area contributed by atoms with Crippen LogP contribution in [0.2, 0.25) is 0 Å². The zero-order valence-electron chi connectivity index (χ0n) is 19.2. The zero-order valence-corrected chi connectivity index (χ0v) is 19.2. The van der Waals surface area contributed by atoms with Crippen LogP contribution in [0.25, 0.3) is 11.2 Å². The predicted molar refractivity (Wildman–Crippen MR) is 129 cm³/mol. The van der Waals surface area contributed by atoms with Crippen LogP contribution < -0.4 is 27.7 Å². The topological polar surface area (TPSA) is 277 Å². The summed E-state index contributed by atoms with van der Waals surface area (Å²) in [6, 6.07) is 4.86. The standard InChI is InChI=1S/C19H19N7O6.C2H5NO2/c20-19-25-15-14(17(30)26-19)23-11(8-22-15)7-21-10-3-1-9(2-4-10)16(29)24-12(18(31)32)5-6-13(27)28;3-1-2(4)5/h1-4,8,12,21H,5-7H2,(H,24,29)(H,27,28)(H,31,32)(H3,20,22,25,26,30);1,3H2,(H,4,5)/t12-;/m0./s1. The molecule has 196 valence electrons. The van der Waals surface area contributed by atoms with Crippen molar-refractivity contribution >= 4 is 46.6 Å². The van der Waals surface area contributed by atoms with Crippen LogP contribution in [-0.4, -0.2) is 71.7 Å². The Balaban J connectivity index is 0.000000877. The number of hydrogen-bond acceptors (Lipinski definition) is 11. The van der Waals surface area contributed by atoms with Gasteiger partial charge in [-0.05, 0) is 30.7 Å². The predicted octanol–water partition coefficient (Wildman–Crippen LogP) is -1.02. The number of aliphatic carboxylic acids is 3. The molecule has 1 aromatic carbocycles. The number of carbonyl (C=O) groups excluding carboxylic acids is 1. The number of nitrogens with one attached hydrogen (secondary N) is 3. The van der Waals surface area contributed by atoms with Gasteiger partial charge in [0.2, 0.25) is 5.95 Å². The lowest BCUT2D eigenvalue weighted by molar-refractivity contribution is -0.140. The first-order chi connectivity index (χ1) is 17.5. The highest BCUT2D eigenvalue weighted by Gasteiger charge is 2.21. The smallest absolute Gasteiger partial charge is 0.326 e. The summed E-state index contributed by atoms with van der Waals surface area (Å²) in [6.45, 7) is -0.0470. The number of aromatic nitrogens is 4. The van der Waals surface area contributed by atoms with Crippen LogP contribution in [0.4, 0.5) is 11.6 Å². The number of H-pyrrole nitrogens is 1. The van der Waals surface area contributed by atoms with Crippen LogP contribution in [0, 0.1) is 0 Å². The maximum absolute atomic E-state index is 12.3. The van der Waals surface area contributed by atoms with Gasteiger partial charge in [-0.3, -0.25) is 24.2 Å². The number of rotatable bonds is 10. The van der Waals surface area contributed by atoms with Crippen molar-refractivity contribution in [3.63, 3.8) is 0 Å². The summed E-state index contributed by atoms with van der Waals surface area (Å²) in [6.07, 6.45) is 0.840. The average Bonchev–Trinajstić information content (AvgIpc) is 2.85. The molecule has 0 radical (unpaired) electrons. The normalized spacial score (nSPS) is 11.1. The molecule has 0 saturated heterocycles. The van der Waals surface area contributed by atoms with Gasteiger partial charge in [0.05, 0.1) is 25.0 Å². The Bertz CT molecular complexity index is 1340. The van der Waals surface area contributed by atoms with Crippen molar-refractivity contribution in [3.8, 4) is 0 Å². The summed E-state index contributed by atoms with van der Waals surface area (Å²) in [4.78, 5) is 69.8. The number of nitrogens with zero attached hydrogens (tertiary/aromatic N) is 3. The molecule has 0 unspecified atom stereocenters.